The van der Waals surface area contributed by atoms with Crippen molar-refractivity contribution < 1.29 is 0 Å². The summed E-state index contributed by atoms with van der Waals surface area (Å²) in [6.45, 7) is 9.00. The third-order valence-electron chi connectivity index (χ3n) is 2.68. The molecule has 0 radical (unpaired) electrons. The van der Waals surface area contributed by atoms with Gasteiger partial charge in [0, 0.05) is 18.6 Å². The monoisotopic (exact) mass is 184 g/mol. The van der Waals surface area contributed by atoms with E-state index in [1.165, 1.54) is 19.3 Å². The summed E-state index contributed by atoms with van der Waals surface area (Å²) in [5.41, 5.74) is 6.70. The zero-order chi connectivity index (χ0) is 10.1. The summed E-state index contributed by atoms with van der Waals surface area (Å²) >= 11 is 0. The Kier molecular flexibility index (Phi) is 3.03. The number of hydrogen-bond acceptors (Lipinski definition) is 2. The van der Waals surface area contributed by atoms with E-state index in [-0.39, 0.29) is 5.54 Å². The Bertz CT molecular complexity index is 165. The lowest BCUT2D eigenvalue weighted by Gasteiger charge is -2.42. The fourth-order valence-electron chi connectivity index (χ4n) is 2.19. The summed E-state index contributed by atoms with van der Waals surface area (Å²) in [7, 11) is 2.18. The highest BCUT2D eigenvalue weighted by Gasteiger charge is 2.33. The van der Waals surface area contributed by atoms with Crippen LogP contribution in [0.3, 0.4) is 0 Å². The maximum absolute atomic E-state index is 6.18. The Morgan fingerprint density at radius 2 is 1.85 bits per heavy atom. The molecule has 0 unspecified atom stereocenters. The predicted molar refractivity (Wildman–Crippen MR) is 57.7 cm³/mol. The first kappa shape index (κ1) is 11.0. The van der Waals surface area contributed by atoms with Crippen molar-refractivity contribution in [3.8, 4) is 0 Å². The van der Waals surface area contributed by atoms with Crippen molar-refractivity contribution >= 4 is 0 Å². The van der Waals surface area contributed by atoms with Gasteiger partial charge < -0.3 is 10.6 Å². The summed E-state index contributed by atoms with van der Waals surface area (Å²) in [4.78, 5) is 2.37. The van der Waals surface area contributed by atoms with Crippen LogP contribution >= 0.6 is 0 Å². The number of nitrogens with zero attached hydrogens (tertiary/aromatic N) is 1. The van der Waals surface area contributed by atoms with Crippen LogP contribution in [-0.4, -0.2) is 30.6 Å². The molecule has 13 heavy (non-hydrogen) atoms. The second-order valence-electron chi connectivity index (χ2n) is 5.95. The molecule has 0 heterocycles. The Morgan fingerprint density at radius 1 is 1.31 bits per heavy atom. The molecule has 0 aromatic carbocycles. The first-order valence-corrected chi connectivity index (χ1v) is 5.28. The molecule has 1 fully saturated rings. The van der Waals surface area contributed by atoms with Crippen molar-refractivity contribution in [1.29, 1.82) is 0 Å². The van der Waals surface area contributed by atoms with Crippen molar-refractivity contribution in [3.63, 3.8) is 0 Å². The van der Waals surface area contributed by atoms with Crippen LogP contribution in [0.15, 0.2) is 0 Å². The van der Waals surface area contributed by atoms with Gasteiger partial charge in [0.1, 0.15) is 0 Å². The lowest BCUT2D eigenvalue weighted by atomic mass is 9.77. The molecule has 1 rings (SSSR count). The molecule has 0 saturated heterocycles. The molecule has 2 N–H and O–H groups in total. The van der Waals surface area contributed by atoms with Crippen LogP contribution in [-0.2, 0) is 0 Å². The quantitative estimate of drug-likeness (QED) is 0.725. The van der Waals surface area contributed by atoms with Gasteiger partial charge in [-0.1, -0.05) is 20.8 Å². The van der Waals surface area contributed by atoms with Crippen molar-refractivity contribution in [2.24, 2.45) is 11.1 Å². The summed E-state index contributed by atoms with van der Waals surface area (Å²) in [5, 5.41) is 0. The van der Waals surface area contributed by atoms with Gasteiger partial charge in [0.05, 0.1) is 0 Å². The maximum Gasteiger partial charge on any atom is 0.0283 e. The van der Waals surface area contributed by atoms with Gasteiger partial charge in [-0.25, -0.2) is 0 Å². The molecule has 0 bridgehead atoms. The minimum Gasteiger partial charge on any atom is -0.324 e. The van der Waals surface area contributed by atoms with Crippen molar-refractivity contribution in [2.45, 2.75) is 45.6 Å². The molecule has 0 aliphatic heterocycles. The van der Waals surface area contributed by atoms with E-state index in [4.69, 9.17) is 5.73 Å². The third-order valence-corrected chi connectivity index (χ3v) is 2.68. The molecule has 0 atom stereocenters. The van der Waals surface area contributed by atoms with Crippen LogP contribution < -0.4 is 5.73 Å². The zero-order valence-electron chi connectivity index (χ0n) is 9.56. The summed E-state index contributed by atoms with van der Waals surface area (Å²) in [6.07, 6.45) is 3.74. The Balaban J connectivity index is 2.28. The van der Waals surface area contributed by atoms with Crippen LogP contribution in [0.25, 0.3) is 0 Å². The first-order valence-electron chi connectivity index (χ1n) is 5.28. The number of likely N-dealkylation sites (N-methyl/N-ethyl adjacent to an activating group) is 1. The molecule has 1 saturated carbocycles. The van der Waals surface area contributed by atoms with Gasteiger partial charge in [0.15, 0.2) is 0 Å². The fraction of sp³-hybridized carbons (Fsp3) is 1.00. The van der Waals surface area contributed by atoms with Crippen LogP contribution in [0.4, 0.5) is 0 Å². The molecule has 0 amide bonds. The number of hydrogen-bond donors (Lipinski definition) is 1. The van der Waals surface area contributed by atoms with Crippen molar-refractivity contribution in [2.75, 3.05) is 20.1 Å². The smallest absolute Gasteiger partial charge is 0.0283 e. The predicted octanol–water partition coefficient (Wildman–Crippen LogP) is 1.85. The lowest BCUT2D eigenvalue weighted by Crippen LogP contribution is -2.55. The normalized spacial score (nSPS) is 21.7. The summed E-state index contributed by atoms with van der Waals surface area (Å²) < 4.78 is 0. The van der Waals surface area contributed by atoms with E-state index in [1.54, 1.807) is 0 Å². The van der Waals surface area contributed by atoms with E-state index in [0.717, 1.165) is 13.1 Å². The number of nitrogens with two attached hydrogens (primary N) is 1. The van der Waals surface area contributed by atoms with Gasteiger partial charge in [-0.05, 0) is 31.7 Å². The highest BCUT2D eigenvalue weighted by molar-refractivity contribution is 4.95. The largest absolute Gasteiger partial charge is 0.324 e. The van der Waals surface area contributed by atoms with Gasteiger partial charge in [-0.15, -0.1) is 0 Å². The molecule has 1 aliphatic carbocycles. The van der Waals surface area contributed by atoms with Crippen LogP contribution in [0.5, 0.6) is 0 Å². The van der Waals surface area contributed by atoms with E-state index in [1.807, 2.05) is 0 Å². The highest BCUT2D eigenvalue weighted by Crippen LogP contribution is 2.30. The van der Waals surface area contributed by atoms with Crippen molar-refractivity contribution in [1.82, 2.24) is 4.90 Å². The first-order chi connectivity index (χ1) is 5.81. The SMILES string of the molecule is CN(CC(C)(C)C)CC1(N)CCC1. The summed E-state index contributed by atoms with van der Waals surface area (Å²) in [5.74, 6) is 0. The minimum absolute atomic E-state index is 0.139. The standard InChI is InChI=1S/C11H24N2/c1-10(2,3)8-13(4)9-11(12)6-5-7-11/h5-9,12H2,1-4H3. The molecule has 0 spiro atoms. The van der Waals surface area contributed by atoms with E-state index in [9.17, 15) is 0 Å². The van der Waals surface area contributed by atoms with Gasteiger partial charge in [0.2, 0.25) is 0 Å². The van der Waals surface area contributed by atoms with Gasteiger partial charge in [0.25, 0.3) is 0 Å². The second kappa shape index (κ2) is 3.58. The number of rotatable bonds is 3. The van der Waals surface area contributed by atoms with Gasteiger partial charge >= 0.3 is 0 Å². The lowest BCUT2D eigenvalue weighted by molar-refractivity contribution is 0.135. The Labute approximate surface area is 82.5 Å². The highest BCUT2D eigenvalue weighted by atomic mass is 15.1. The van der Waals surface area contributed by atoms with E-state index < -0.39 is 0 Å². The Morgan fingerprint density at radius 3 is 2.15 bits per heavy atom. The van der Waals surface area contributed by atoms with E-state index >= 15 is 0 Å². The van der Waals surface area contributed by atoms with Crippen LogP contribution in [0.1, 0.15) is 40.0 Å². The minimum atomic E-state index is 0.139. The molecule has 2 heteroatoms. The summed E-state index contributed by atoms with van der Waals surface area (Å²) in [6, 6.07) is 0. The van der Waals surface area contributed by atoms with Gasteiger partial charge in [-0.3, -0.25) is 0 Å². The molecule has 2 nitrogen and oxygen atoms in total. The van der Waals surface area contributed by atoms with Crippen LogP contribution in [0, 0.1) is 5.41 Å². The topological polar surface area (TPSA) is 29.3 Å². The van der Waals surface area contributed by atoms with E-state index in [2.05, 4.69) is 32.7 Å². The molecule has 0 aromatic rings. The van der Waals surface area contributed by atoms with Gasteiger partial charge in [-0.2, -0.15) is 0 Å². The fourth-order valence-corrected chi connectivity index (χ4v) is 2.19. The molecule has 1 aliphatic rings. The second-order valence-corrected chi connectivity index (χ2v) is 5.95. The zero-order valence-corrected chi connectivity index (χ0v) is 9.56. The molecular weight excluding hydrogens is 160 g/mol. The Hall–Kier alpha value is -0.0800. The maximum atomic E-state index is 6.18. The molecular formula is C11H24N2. The molecule has 0 aromatic heterocycles. The average molecular weight is 184 g/mol. The third kappa shape index (κ3) is 3.65. The average Bonchev–Trinajstić information content (AvgIpc) is 1.79. The van der Waals surface area contributed by atoms with Crippen molar-refractivity contribution in [3.05, 3.63) is 0 Å². The van der Waals surface area contributed by atoms with E-state index in [0.29, 0.717) is 5.41 Å². The molecule has 78 valence electrons. The van der Waals surface area contributed by atoms with Crippen LogP contribution in [0.2, 0.25) is 0 Å².